The van der Waals surface area contributed by atoms with E-state index in [4.69, 9.17) is 24.9 Å². The zero-order chi connectivity index (χ0) is 41.7. The predicted molar refractivity (Wildman–Crippen MR) is 258 cm³/mol. The molecule has 296 valence electrons. The number of aliphatic imine (C=N–C) groups is 2. The summed E-state index contributed by atoms with van der Waals surface area (Å²) in [6.07, 6.45) is 0.679. The van der Waals surface area contributed by atoms with Crippen molar-refractivity contribution in [3.8, 4) is 56.4 Å². The Hall–Kier alpha value is -7.19. The molecule has 1 aliphatic rings. The minimum absolute atomic E-state index is 0.587. The maximum atomic E-state index is 5.31. The van der Waals surface area contributed by atoms with Gasteiger partial charge in [-0.3, -0.25) is 0 Å². The van der Waals surface area contributed by atoms with Crippen molar-refractivity contribution < 1.29 is 0 Å². The minimum atomic E-state index is 0.587. The molecule has 2 heterocycles. The van der Waals surface area contributed by atoms with Crippen molar-refractivity contribution in [1.29, 1.82) is 0 Å². The topological polar surface area (TPSA) is 63.4 Å². The van der Waals surface area contributed by atoms with Crippen molar-refractivity contribution >= 4 is 40.8 Å². The van der Waals surface area contributed by atoms with E-state index in [0.29, 0.717) is 29.7 Å². The Bertz CT molecular complexity index is 3030. The number of aromatic nitrogens is 3. The van der Waals surface area contributed by atoms with Crippen LogP contribution in [0.15, 0.2) is 236 Å². The average Bonchev–Trinajstić information content (AvgIpc) is 3.35. The lowest BCUT2D eigenvalue weighted by atomic mass is 9.94. The van der Waals surface area contributed by atoms with Crippen LogP contribution in [0.2, 0.25) is 0 Å². The summed E-state index contributed by atoms with van der Waals surface area (Å²) in [6, 6.07) is 71.2. The van der Waals surface area contributed by atoms with Crippen LogP contribution in [0.3, 0.4) is 0 Å². The van der Waals surface area contributed by atoms with Crippen LogP contribution >= 0.6 is 23.5 Å². The molecule has 0 saturated heterocycles. The van der Waals surface area contributed by atoms with Gasteiger partial charge in [0, 0.05) is 47.5 Å². The first kappa shape index (κ1) is 39.0. The van der Waals surface area contributed by atoms with Crippen LogP contribution in [-0.2, 0) is 0 Å². The van der Waals surface area contributed by atoms with E-state index in [1.807, 2.05) is 133 Å². The molecule has 0 amide bonds. The highest BCUT2D eigenvalue weighted by molar-refractivity contribution is 8.05. The molecule has 0 atom stereocenters. The Kier molecular flexibility index (Phi) is 11.2. The minimum Gasteiger partial charge on any atom is -0.233 e. The first-order valence-corrected chi connectivity index (χ1v) is 22.3. The van der Waals surface area contributed by atoms with Gasteiger partial charge in [0.2, 0.25) is 0 Å². The lowest BCUT2D eigenvalue weighted by Crippen LogP contribution is -2.07. The van der Waals surface area contributed by atoms with Gasteiger partial charge in [-0.25, -0.2) is 24.9 Å². The molecule has 62 heavy (non-hydrogen) atoms. The van der Waals surface area contributed by atoms with Gasteiger partial charge in [-0.2, -0.15) is 0 Å². The lowest BCUT2D eigenvalue weighted by molar-refractivity contribution is 1.07. The van der Waals surface area contributed by atoms with E-state index < -0.39 is 0 Å². The normalized spacial score (nSPS) is 12.4. The largest absolute Gasteiger partial charge is 0.233 e. The molecule has 0 fully saturated rings. The molecule has 5 nitrogen and oxygen atoms in total. The maximum Gasteiger partial charge on any atom is 0.164 e. The van der Waals surface area contributed by atoms with Crippen LogP contribution in [0.4, 0.5) is 5.69 Å². The second kappa shape index (κ2) is 17.8. The molecular formula is C55H39N5S2. The number of para-hydroxylation sites is 1. The van der Waals surface area contributed by atoms with Gasteiger partial charge >= 0.3 is 0 Å². The average molecular weight is 834 g/mol. The van der Waals surface area contributed by atoms with Crippen LogP contribution in [0, 0.1) is 0 Å². The second-order valence-corrected chi connectivity index (χ2v) is 16.9. The Labute approximate surface area is 370 Å². The van der Waals surface area contributed by atoms with Gasteiger partial charge < -0.3 is 0 Å². The van der Waals surface area contributed by atoms with Crippen molar-refractivity contribution in [1.82, 2.24) is 15.0 Å². The number of hydrogen-bond acceptors (Lipinski definition) is 6. The van der Waals surface area contributed by atoms with Gasteiger partial charge in [0.25, 0.3) is 0 Å². The fourth-order valence-electron chi connectivity index (χ4n) is 7.49. The van der Waals surface area contributed by atoms with Crippen LogP contribution < -0.4 is 0 Å². The summed E-state index contributed by atoms with van der Waals surface area (Å²) in [4.78, 5) is 30.8. The van der Waals surface area contributed by atoms with E-state index >= 15 is 0 Å². The lowest BCUT2D eigenvalue weighted by Gasteiger charge is -2.21. The van der Waals surface area contributed by atoms with Gasteiger partial charge in [-0.05, 0) is 76.7 Å². The van der Waals surface area contributed by atoms with E-state index in [9.17, 15) is 0 Å². The van der Waals surface area contributed by atoms with E-state index in [-0.39, 0.29) is 0 Å². The van der Waals surface area contributed by atoms with Crippen LogP contribution in [0.5, 0.6) is 0 Å². The van der Waals surface area contributed by atoms with Gasteiger partial charge in [-0.1, -0.05) is 194 Å². The third-order valence-corrected chi connectivity index (χ3v) is 13.2. The summed E-state index contributed by atoms with van der Waals surface area (Å²) in [6.45, 7) is 2.14. The van der Waals surface area contributed by atoms with Crippen molar-refractivity contribution in [2.24, 2.45) is 9.98 Å². The molecule has 10 rings (SSSR count). The Balaban J connectivity index is 1.13. The molecule has 9 aromatic rings. The van der Waals surface area contributed by atoms with E-state index in [1.54, 1.807) is 0 Å². The predicted octanol–water partition coefficient (Wildman–Crippen LogP) is 14.8. The molecule has 0 unspecified atom stereocenters. The molecule has 0 bridgehead atoms. The number of nitrogens with zero attached hydrogens (tertiary/aromatic N) is 5. The summed E-state index contributed by atoms with van der Waals surface area (Å²) in [5, 5.41) is 0. The second-order valence-electron chi connectivity index (χ2n) is 14.7. The highest BCUT2D eigenvalue weighted by atomic mass is 32.2. The number of fused-ring (bicyclic) bond motifs is 2. The smallest absolute Gasteiger partial charge is 0.164 e. The summed E-state index contributed by atoms with van der Waals surface area (Å²) < 4.78 is 0. The maximum absolute atomic E-state index is 5.31. The van der Waals surface area contributed by atoms with Gasteiger partial charge in [-0.15, -0.1) is 0 Å². The molecule has 8 aromatic carbocycles. The van der Waals surface area contributed by atoms with E-state index in [2.05, 4.69) is 104 Å². The molecule has 0 saturated carbocycles. The third kappa shape index (κ3) is 8.41. The number of benzene rings is 8. The summed E-state index contributed by atoms with van der Waals surface area (Å²) in [5.74, 6) is 2.46. The zero-order valence-electron chi connectivity index (χ0n) is 33.9. The molecule has 1 aromatic heterocycles. The quantitative estimate of drug-likeness (QED) is 0.107. The van der Waals surface area contributed by atoms with Gasteiger partial charge in [0.05, 0.1) is 5.69 Å². The summed E-state index contributed by atoms with van der Waals surface area (Å²) >= 11 is 3.65. The molecular weight excluding hydrogens is 795 g/mol. The van der Waals surface area contributed by atoms with Crippen molar-refractivity contribution in [3.63, 3.8) is 0 Å². The Morgan fingerprint density at radius 1 is 0.403 bits per heavy atom. The van der Waals surface area contributed by atoms with Crippen LogP contribution in [-0.4, -0.2) is 26.5 Å². The summed E-state index contributed by atoms with van der Waals surface area (Å²) in [5.41, 5.74) is 10.9. The number of hydrogen-bond donors (Lipinski definition) is 0. The fraction of sp³-hybridized carbons (Fsp3) is 0.0364. The summed E-state index contributed by atoms with van der Waals surface area (Å²) in [7, 11) is 0. The fourth-order valence-corrected chi connectivity index (χ4v) is 9.76. The number of amidine groups is 1. The Morgan fingerprint density at radius 3 is 1.50 bits per heavy atom. The van der Waals surface area contributed by atoms with Crippen molar-refractivity contribution in [3.05, 3.63) is 217 Å². The van der Waals surface area contributed by atoms with Crippen LogP contribution in [0.25, 0.3) is 56.4 Å². The van der Waals surface area contributed by atoms with Crippen molar-refractivity contribution in [2.45, 2.75) is 32.9 Å². The first-order valence-electron chi connectivity index (χ1n) is 20.6. The monoisotopic (exact) mass is 833 g/mol. The molecule has 0 N–H and O–H groups in total. The highest BCUT2D eigenvalue weighted by Crippen LogP contribution is 2.51. The number of rotatable bonds is 9. The van der Waals surface area contributed by atoms with Crippen LogP contribution in [0.1, 0.15) is 24.5 Å². The van der Waals surface area contributed by atoms with Gasteiger partial charge in [0.1, 0.15) is 0 Å². The molecule has 0 radical (unpaired) electrons. The molecule has 0 spiro atoms. The third-order valence-electron chi connectivity index (χ3n) is 10.6. The van der Waals surface area contributed by atoms with Gasteiger partial charge in [0.15, 0.2) is 23.3 Å². The SMILES string of the molecule is CCC(=NC(=Nc1ccccc1)c1ccccc1)c1ccc(-c2ccc3c(c2)Sc2cc(-c4ccccc4)ccc2S3)c(-c2nc(-c3ccccc3)nc(-c3ccccc3)n2)c1. The standard InChI is InChI=1S/C55H39N5S2/c1-2-47(57-52(38-20-10-4-11-21-38)56-44-26-16-7-17-27-44)43-28-31-45(42-30-33-49-51(36-42)62-50-35-41(29-32-48(50)61-49)37-18-8-3-9-19-37)46(34-43)55-59-53(39-22-12-5-13-23-39)58-54(60-55)40-24-14-6-15-25-40/h3-36H,2H2,1H3. The Morgan fingerprint density at radius 2 is 0.903 bits per heavy atom. The molecule has 0 aliphatic carbocycles. The van der Waals surface area contributed by atoms with E-state index in [1.165, 1.54) is 30.7 Å². The van der Waals surface area contributed by atoms with Crippen molar-refractivity contribution in [2.75, 3.05) is 0 Å². The zero-order valence-corrected chi connectivity index (χ0v) is 35.5. The van der Waals surface area contributed by atoms with E-state index in [0.717, 1.165) is 50.3 Å². The molecule has 7 heteroatoms. The highest BCUT2D eigenvalue weighted by Gasteiger charge is 2.22. The first-order chi connectivity index (χ1) is 30.6. The molecule has 1 aliphatic heterocycles.